The van der Waals surface area contributed by atoms with Crippen LogP contribution in [-0.4, -0.2) is 31.1 Å². The van der Waals surface area contributed by atoms with E-state index >= 15 is 0 Å². The molecule has 0 aromatic heterocycles. The Bertz CT molecular complexity index is 367. The van der Waals surface area contributed by atoms with Gasteiger partial charge in [-0.05, 0) is 50.6 Å². The van der Waals surface area contributed by atoms with Gasteiger partial charge in [0.25, 0.3) is 0 Å². The summed E-state index contributed by atoms with van der Waals surface area (Å²) in [4.78, 5) is 2.39. The van der Waals surface area contributed by atoms with Crippen molar-refractivity contribution in [1.29, 1.82) is 0 Å². The van der Waals surface area contributed by atoms with Crippen LogP contribution in [0.25, 0.3) is 0 Å². The zero-order valence-corrected chi connectivity index (χ0v) is 11.4. The van der Waals surface area contributed by atoms with Crippen LogP contribution in [0, 0.1) is 5.92 Å². The fraction of sp³-hybridized carbons (Fsp3) is 0.571. The number of hydrogen-bond acceptors (Lipinski definition) is 2. The van der Waals surface area contributed by atoms with E-state index in [0.717, 1.165) is 30.6 Å². The predicted octanol–water partition coefficient (Wildman–Crippen LogP) is 2.77. The van der Waals surface area contributed by atoms with Crippen LogP contribution in [0.1, 0.15) is 18.9 Å². The second-order valence-corrected chi connectivity index (χ2v) is 5.55. The molecule has 2 unspecified atom stereocenters. The van der Waals surface area contributed by atoms with Crippen LogP contribution in [0.4, 0.5) is 0 Å². The SMILES string of the molecule is CC1NCCC1CN(C)Cc1cccc(Cl)c1. The molecule has 2 rings (SSSR count). The summed E-state index contributed by atoms with van der Waals surface area (Å²) in [5.74, 6) is 0.777. The Morgan fingerprint density at radius 1 is 1.47 bits per heavy atom. The summed E-state index contributed by atoms with van der Waals surface area (Å²) in [5, 5.41) is 4.33. The Morgan fingerprint density at radius 2 is 2.29 bits per heavy atom. The van der Waals surface area contributed by atoms with Gasteiger partial charge in [0.05, 0.1) is 0 Å². The largest absolute Gasteiger partial charge is 0.314 e. The summed E-state index contributed by atoms with van der Waals surface area (Å²) in [6.45, 7) is 5.58. The Labute approximate surface area is 109 Å². The lowest BCUT2D eigenvalue weighted by molar-refractivity contribution is 0.259. The van der Waals surface area contributed by atoms with Gasteiger partial charge < -0.3 is 10.2 Å². The zero-order valence-electron chi connectivity index (χ0n) is 10.6. The fourth-order valence-corrected chi connectivity index (χ4v) is 2.79. The summed E-state index contributed by atoms with van der Waals surface area (Å²) < 4.78 is 0. The zero-order chi connectivity index (χ0) is 12.3. The van der Waals surface area contributed by atoms with Crippen LogP contribution in [-0.2, 0) is 6.54 Å². The Morgan fingerprint density at radius 3 is 2.94 bits per heavy atom. The van der Waals surface area contributed by atoms with Gasteiger partial charge >= 0.3 is 0 Å². The molecule has 0 spiro atoms. The maximum Gasteiger partial charge on any atom is 0.0409 e. The highest BCUT2D eigenvalue weighted by atomic mass is 35.5. The summed E-state index contributed by atoms with van der Waals surface area (Å²) in [7, 11) is 2.19. The quantitative estimate of drug-likeness (QED) is 0.887. The first-order valence-corrected chi connectivity index (χ1v) is 6.69. The molecular weight excluding hydrogens is 232 g/mol. The molecule has 1 aromatic rings. The molecule has 0 bridgehead atoms. The highest BCUT2D eigenvalue weighted by molar-refractivity contribution is 6.30. The molecule has 1 aliphatic rings. The molecule has 0 radical (unpaired) electrons. The monoisotopic (exact) mass is 252 g/mol. The lowest BCUT2D eigenvalue weighted by Crippen LogP contribution is -2.32. The van der Waals surface area contributed by atoms with Crippen molar-refractivity contribution in [3.05, 3.63) is 34.9 Å². The molecule has 0 aliphatic carbocycles. The minimum absolute atomic E-state index is 0.650. The molecule has 1 N–H and O–H groups in total. The van der Waals surface area contributed by atoms with Crippen molar-refractivity contribution in [2.45, 2.75) is 25.9 Å². The molecule has 2 atom stereocenters. The van der Waals surface area contributed by atoms with Crippen LogP contribution < -0.4 is 5.32 Å². The molecule has 17 heavy (non-hydrogen) atoms. The molecule has 0 saturated carbocycles. The Balaban J connectivity index is 1.86. The minimum atomic E-state index is 0.650. The van der Waals surface area contributed by atoms with Crippen molar-refractivity contribution in [3.8, 4) is 0 Å². The average Bonchev–Trinajstić information content (AvgIpc) is 2.64. The lowest BCUT2D eigenvalue weighted by Gasteiger charge is -2.23. The summed E-state index contributed by atoms with van der Waals surface area (Å²) >= 11 is 5.99. The van der Waals surface area contributed by atoms with Crippen molar-refractivity contribution in [2.24, 2.45) is 5.92 Å². The lowest BCUT2D eigenvalue weighted by atomic mass is 10.0. The van der Waals surface area contributed by atoms with Gasteiger partial charge in [-0.1, -0.05) is 23.7 Å². The van der Waals surface area contributed by atoms with Crippen molar-refractivity contribution in [1.82, 2.24) is 10.2 Å². The van der Waals surface area contributed by atoms with E-state index in [1.54, 1.807) is 0 Å². The number of nitrogens with zero attached hydrogens (tertiary/aromatic N) is 1. The van der Waals surface area contributed by atoms with E-state index in [4.69, 9.17) is 11.6 Å². The van der Waals surface area contributed by atoms with Crippen molar-refractivity contribution < 1.29 is 0 Å². The first-order chi connectivity index (χ1) is 8.15. The van der Waals surface area contributed by atoms with Crippen molar-refractivity contribution in [2.75, 3.05) is 20.1 Å². The number of hydrogen-bond donors (Lipinski definition) is 1. The highest BCUT2D eigenvalue weighted by Crippen LogP contribution is 2.18. The van der Waals surface area contributed by atoms with E-state index in [9.17, 15) is 0 Å². The highest BCUT2D eigenvalue weighted by Gasteiger charge is 2.23. The molecule has 0 amide bonds. The third-order valence-corrected chi connectivity index (χ3v) is 3.81. The number of rotatable bonds is 4. The summed E-state index contributed by atoms with van der Waals surface area (Å²) in [6, 6.07) is 8.78. The van der Waals surface area contributed by atoms with Gasteiger partial charge in [-0.15, -0.1) is 0 Å². The molecule has 94 valence electrons. The Kier molecular flexibility index (Phi) is 4.43. The molecule has 1 saturated heterocycles. The second-order valence-electron chi connectivity index (χ2n) is 5.12. The molecule has 3 heteroatoms. The van der Waals surface area contributed by atoms with Gasteiger partial charge in [0.15, 0.2) is 0 Å². The van der Waals surface area contributed by atoms with Gasteiger partial charge in [-0.2, -0.15) is 0 Å². The summed E-state index contributed by atoms with van der Waals surface area (Å²) in [6.07, 6.45) is 1.29. The molecule has 1 aliphatic heterocycles. The maximum absolute atomic E-state index is 5.99. The van der Waals surface area contributed by atoms with Crippen LogP contribution in [0.15, 0.2) is 24.3 Å². The predicted molar refractivity (Wildman–Crippen MR) is 73.4 cm³/mol. The van der Waals surface area contributed by atoms with Gasteiger partial charge in [0, 0.05) is 24.2 Å². The van der Waals surface area contributed by atoms with E-state index in [1.807, 2.05) is 18.2 Å². The number of benzene rings is 1. The molecule has 1 aromatic carbocycles. The standard InChI is InChI=1S/C14H21ClN2/c1-11-13(6-7-16-11)10-17(2)9-12-4-3-5-14(15)8-12/h3-5,8,11,13,16H,6-7,9-10H2,1-2H3. The van der Waals surface area contributed by atoms with Gasteiger partial charge in [-0.3, -0.25) is 0 Å². The normalized spacial score (nSPS) is 24.5. The van der Waals surface area contributed by atoms with Crippen LogP contribution >= 0.6 is 11.6 Å². The van der Waals surface area contributed by atoms with Crippen LogP contribution in [0.2, 0.25) is 5.02 Å². The summed E-state index contributed by atoms with van der Waals surface area (Å²) in [5.41, 5.74) is 1.29. The maximum atomic E-state index is 5.99. The smallest absolute Gasteiger partial charge is 0.0409 e. The third-order valence-electron chi connectivity index (χ3n) is 3.58. The van der Waals surface area contributed by atoms with Crippen molar-refractivity contribution in [3.63, 3.8) is 0 Å². The number of halogens is 1. The first kappa shape index (κ1) is 12.9. The third kappa shape index (κ3) is 3.70. The minimum Gasteiger partial charge on any atom is -0.314 e. The van der Waals surface area contributed by atoms with Gasteiger partial charge in [0.2, 0.25) is 0 Å². The van der Waals surface area contributed by atoms with E-state index < -0.39 is 0 Å². The van der Waals surface area contributed by atoms with E-state index in [2.05, 4.69) is 30.3 Å². The first-order valence-electron chi connectivity index (χ1n) is 6.31. The Hall–Kier alpha value is -0.570. The molecule has 1 heterocycles. The van der Waals surface area contributed by atoms with E-state index in [0.29, 0.717) is 6.04 Å². The van der Waals surface area contributed by atoms with Crippen LogP contribution in [0.5, 0.6) is 0 Å². The van der Waals surface area contributed by atoms with Gasteiger partial charge in [-0.25, -0.2) is 0 Å². The molecule has 1 fully saturated rings. The number of nitrogens with one attached hydrogen (secondary N) is 1. The van der Waals surface area contributed by atoms with Gasteiger partial charge in [0.1, 0.15) is 0 Å². The molecule has 2 nitrogen and oxygen atoms in total. The average molecular weight is 253 g/mol. The topological polar surface area (TPSA) is 15.3 Å². The molecular formula is C14H21ClN2. The van der Waals surface area contributed by atoms with Crippen LogP contribution in [0.3, 0.4) is 0 Å². The fourth-order valence-electron chi connectivity index (χ4n) is 2.57. The van der Waals surface area contributed by atoms with E-state index in [-0.39, 0.29) is 0 Å². The van der Waals surface area contributed by atoms with Crippen molar-refractivity contribution >= 4 is 11.6 Å². The van der Waals surface area contributed by atoms with E-state index in [1.165, 1.54) is 12.0 Å². The second kappa shape index (κ2) is 5.85.